The zero-order valence-electron chi connectivity index (χ0n) is 10.9. The van der Waals surface area contributed by atoms with E-state index in [2.05, 4.69) is 37.9 Å². The predicted octanol–water partition coefficient (Wildman–Crippen LogP) is 1.21. The van der Waals surface area contributed by atoms with Crippen LogP contribution in [0.2, 0.25) is 0 Å². The van der Waals surface area contributed by atoms with Gasteiger partial charge in [-0.05, 0) is 36.4 Å². The number of hydrogen-bond acceptors (Lipinski definition) is 5. The second-order valence-corrected chi connectivity index (χ2v) is 6.15. The minimum absolute atomic E-state index is 0.0481. The molecule has 0 aliphatic heterocycles. The fourth-order valence-corrected chi connectivity index (χ4v) is 2.76. The van der Waals surface area contributed by atoms with Gasteiger partial charge in [0.05, 0.1) is 24.1 Å². The Hall–Kier alpha value is -0.930. The van der Waals surface area contributed by atoms with Gasteiger partial charge in [-0.1, -0.05) is 0 Å². The summed E-state index contributed by atoms with van der Waals surface area (Å²) in [6, 6.07) is 0. The molecule has 0 aromatic carbocycles. The molecule has 0 fully saturated rings. The lowest BCUT2D eigenvalue weighted by Gasteiger charge is -2.18. The monoisotopic (exact) mass is 376 g/mol. The van der Waals surface area contributed by atoms with E-state index in [1.807, 2.05) is 10.8 Å². The third kappa shape index (κ3) is 3.34. The molecule has 3 N–H and O–H groups in total. The van der Waals surface area contributed by atoms with Crippen LogP contribution in [0.4, 0.5) is 5.82 Å². The fourth-order valence-electron chi connectivity index (χ4n) is 1.92. The number of hydrogen-bond donors (Lipinski definition) is 3. The summed E-state index contributed by atoms with van der Waals surface area (Å²) in [5, 5.41) is 22.8. The van der Waals surface area contributed by atoms with Gasteiger partial charge in [0.15, 0.2) is 0 Å². The smallest absolute Gasteiger partial charge is 0.146 e. The van der Waals surface area contributed by atoms with Crippen molar-refractivity contribution < 1.29 is 10.2 Å². The summed E-state index contributed by atoms with van der Waals surface area (Å²) in [5.74, 6) is 0.706. The van der Waals surface area contributed by atoms with Gasteiger partial charge in [0.1, 0.15) is 17.8 Å². The molecule has 0 aliphatic rings. The van der Waals surface area contributed by atoms with Gasteiger partial charge in [-0.3, -0.25) is 0 Å². The summed E-state index contributed by atoms with van der Waals surface area (Å²) in [5.41, 5.74) is -0.0273. The van der Waals surface area contributed by atoms with Gasteiger partial charge in [-0.15, -0.1) is 0 Å². The van der Waals surface area contributed by atoms with Gasteiger partial charge in [0.2, 0.25) is 0 Å². The van der Waals surface area contributed by atoms with Crippen molar-refractivity contribution in [2.24, 2.45) is 0 Å². The second-order valence-electron chi connectivity index (χ2n) is 4.99. The molecule has 0 bridgehead atoms. The van der Waals surface area contributed by atoms with Gasteiger partial charge < -0.3 is 20.1 Å². The van der Waals surface area contributed by atoms with E-state index in [0.717, 1.165) is 14.6 Å². The molecular weight excluding hydrogens is 359 g/mol. The highest BCUT2D eigenvalue weighted by Crippen LogP contribution is 2.27. The summed E-state index contributed by atoms with van der Waals surface area (Å²) in [7, 11) is 0. The van der Waals surface area contributed by atoms with Crippen molar-refractivity contribution in [2.75, 3.05) is 18.5 Å². The van der Waals surface area contributed by atoms with Gasteiger partial charge in [0, 0.05) is 16.3 Å². The Bertz CT molecular complexity index is 577. The van der Waals surface area contributed by atoms with Crippen molar-refractivity contribution in [1.29, 1.82) is 0 Å². The molecular formula is C12H17IN4O2. The summed E-state index contributed by atoms with van der Waals surface area (Å²) < 4.78 is 2.93. The van der Waals surface area contributed by atoms with Gasteiger partial charge in [-0.2, -0.15) is 0 Å². The average Bonchev–Trinajstić information content (AvgIpc) is 2.62. The van der Waals surface area contributed by atoms with E-state index in [4.69, 9.17) is 5.11 Å². The van der Waals surface area contributed by atoms with Crippen LogP contribution in [0.3, 0.4) is 0 Å². The number of nitrogens with zero attached hydrogens (tertiary/aromatic N) is 3. The van der Waals surface area contributed by atoms with E-state index in [0.29, 0.717) is 18.9 Å². The van der Waals surface area contributed by atoms with E-state index >= 15 is 0 Å². The summed E-state index contributed by atoms with van der Waals surface area (Å²) in [6.45, 7) is 4.48. The number of fused-ring (bicyclic) bond motifs is 1. The molecule has 0 unspecified atom stereocenters. The van der Waals surface area contributed by atoms with E-state index in [1.165, 1.54) is 6.33 Å². The van der Waals surface area contributed by atoms with Crippen LogP contribution in [0, 0.1) is 3.57 Å². The Morgan fingerprint density at radius 2 is 2.16 bits per heavy atom. The summed E-state index contributed by atoms with van der Waals surface area (Å²) in [6.07, 6.45) is 3.43. The van der Waals surface area contributed by atoms with Crippen LogP contribution in [-0.4, -0.2) is 43.5 Å². The van der Waals surface area contributed by atoms with Crippen LogP contribution in [-0.2, 0) is 6.54 Å². The third-order valence-corrected chi connectivity index (χ3v) is 3.39. The minimum Gasteiger partial charge on any atom is -0.395 e. The number of aliphatic hydroxyl groups excluding tert-OH is 1. The Kier molecular flexibility index (Phi) is 4.26. The summed E-state index contributed by atoms with van der Waals surface area (Å²) in [4.78, 5) is 8.49. The molecule has 0 radical (unpaired) electrons. The number of aliphatic hydroxyl groups is 2. The van der Waals surface area contributed by atoms with Gasteiger partial charge in [0.25, 0.3) is 0 Å². The maximum Gasteiger partial charge on any atom is 0.146 e. The molecule has 2 rings (SSSR count). The van der Waals surface area contributed by atoms with Gasteiger partial charge in [-0.25, -0.2) is 9.97 Å². The molecule has 2 aromatic rings. The maximum absolute atomic E-state index is 9.94. The van der Waals surface area contributed by atoms with Gasteiger partial charge >= 0.3 is 0 Å². The molecule has 2 heterocycles. The number of nitrogens with one attached hydrogen (secondary N) is 1. The maximum atomic E-state index is 9.94. The SMILES string of the molecule is CC(C)(O)Cn1cc(I)c2c(NCCO)ncnc21. The standard InChI is InChI=1S/C12H17IN4O2/c1-12(2,19)6-17-5-8(13)9-10(14-3-4-18)15-7-16-11(9)17/h5,7,18-19H,3-4,6H2,1-2H3,(H,14,15,16). The first kappa shape index (κ1) is 14.5. The lowest BCUT2D eigenvalue weighted by atomic mass is 10.1. The summed E-state index contributed by atoms with van der Waals surface area (Å²) >= 11 is 2.22. The normalized spacial score (nSPS) is 12.1. The average molecular weight is 376 g/mol. The molecule has 0 saturated carbocycles. The first-order valence-electron chi connectivity index (χ1n) is 5.99. The fraction of sp³-hybridized carbons (Fsp3) is 0.500. The zero-order valence-corrected chi connectivity index (χ0v) is 13.0. The van der Waals surface area contributed by atoms with Crippen LogP contribution < -0.4 is 5.32 Å². The van der Waals surface area contributed by atoms with E-state index in [1.54, 1.807) is 13.8 Å². The highest BCUT2D eigenvalue weighted by Gasteiger charge is 2.18. The lowest BCUT2D eigenvalue weighted by Crippen LogP contribution is -2.25. The number of halogens is 1. The molecule has 0 spiro atoms. The first-order valence-corrected chi connectivity index (χ1v) is 7.06. The van der Waals surface area contributed by atoms with Crippen LogP contribution in [0.15, 0.2) is 12.5 Å². The molecule has 0 aliphatic carbocycles. The van der Waals surface area contributed by atoms with Crippen molar-refractivity contribution in [3.05, 3.63) is 16.1 Å². The van der Waals surface area contributed by atoms with Crippen molar-refractivity contribution in [1.82, 2.24) is 14.5 Å². The quantitative estimate of drug-likeness (QED) is 0.684. The Labute approximate surface area is 125 Å². The topological polar surface area (TPSA) is 83.2 Å². The van der Waals surface area contributed by atoms with Crippen LogP contribution in [0.5, 0.6) is 0 Å². The Morgan fingerprint density at radius 1 is 1.42 bits per heavy atom. The van der Waals surface area contributed by atoms with Crippen LogP contribution in [0.25, 0.3) is 11.0 Å². The molecule has 2 aromatic heterocycles. The van der Waals surface area contributed by atoms with Crippen LogP contribution in [0.1, 0.15) is 13.8 Å². The molecule has 104 valence electrons. The minimum atomic E-state index is -0.807. The lowest BCUT2D eigenvalue weighted by molar-refractivity contribution is 0.0626. The molecule has 19 heavy (non-hydrogen) atoms. The largest absolute Gasteiger partial charge is 0.395 e. The van der Waals surface area contributed by atoms with Crippen molar-refractivity contribution in [3.8, 4) is 0 Å². The molecule has 0 saturated heterocycles. The Morgan fingerprint density at radius 3 is 2.79 bits per heavy atom. The van der Waals surface area contributed by atoms with E-state index in [-0.39, 0.29) is 6.61 Å². The first-order chi connectivity index (χ1) is 8.92. The predicted molar refractivity (Wildman–Crippen MR) is 82.1 cm³/mol. The highest BCUT2D eigenvalue weighted by molar-refractivity contribution is 14.1. The van der Waals surface area contributed by atoms with Crippen molar-refractivity contribution in [3.63, 3.8) is 0 Å². The highest BCUT2D eigenvalue weighted by atomic mass is 127. The molecule has 6 nitrogen and oxygen atoms in total. The number of aromatic nitrogens is 3. The van der Waals surface area contributed by atoms with Crippen LogP contribution >= 0.6 is 22.6 Å². The third-order valence-electron chi connectivity index (χ3n) is 2.57. The zero-order chi connectivity index (χ0) is 14.0. The van der Waals surface area contributed by atoms with Crippen molar-refractivity contribution >= 4 is 39.4 Å². The van der Waals surface area contributed by atoms with Crippen molar-refractivity contribution in [2.45, 2.75) is 26.0 Å². The second kappa shape index (κ2) is 5.59. The molecule has 7 heteroatoms. The number of rotatable bonds is 5. The van der Waals surface area contributed by atoms with E-state index in [9.17, 15) is 5.11 Å². The molecule has 0 amide bonds. The van der Waals surface area contributed by atoms with E-state index < -0.39 is 5.60 Å². The Balaban J connectivity index is 2.47. The molecule has 0 atom stereocenters. The number of anilines is 1.